The van der Waals surface area contributed by atoms with E-state index in [1.54, 1.807) is 0 Å². The fourth-order valence-electron chi connectivity index (χ4n) is 1.34. The lowest BCUT2D eigenvalue weighted by Crippen LogP contribution is -1.94. The molecule has 1 aromatic heterocycles. The first-order valence-electron chi connectivity index (χ1n) is 4.27. The van der Waals surface area contributed by atoms with Crippen molar-refractivity contribution in [3.63, 3.8) is 0 Å². The standard InChI is InChI=1S/C9H14ClNO/c1-3-4-7(2)9-8(5-10)11-6-12-9/h6-7H,3-5H2,1-2H3. The molecule has 2 nitrogen and oxygen atoms in total. The van der Waals surface area contributed by atoms with Gasteiger partial charge in [-0.3, -0.25) is 0 Å². The summed E-state index contributed by atoms with van der Waals surface area (Å²) in [4.78, 5) is 4.04. The van der Waals surface area contributed by atoms with E-state index in [9.17, 15) is 0 Å². The van der Waals surface area contributed by atoms with Gasteiger partial charge in [-0.25, -0.2) is 4.98 Å². The van der Waals surface area contributed by atoms with E-state index in [0.717, 1.165) is 24.3 Å². The van der Waals surface area contributed by atoms with Gasteiger partial charge in [0.1, 0.15) is 5.76 Å². The average molecular weight is 188 g/mol. The third-order valence-electron chi connectivity index (χ3n) is 1.97. The largest absolute Gasteiger partial charge is 0.448 e. The molecular weight excluding hydrogens is 174 g/mol. The van der Waals surface area contributed by atoms with E-state index in [0.29, 0.717) is 11.8 Å². The van der Waals surface area contributed by atoms with E-state index in [-0.39, 0.29) is 0 Å². The van der Waals surface area contributed by atoms with Crippen LogP contribution in [0.5, 0.6) is 0 Å². The summed E-state index contributed by atoms with van der Waals surface area (Å²) in [6.45, 7) is 4.30. The minimum Gasteiger partial charge on any atom is -0.448 e. The number of aromatic nitrogens is 1. The number of halogens is 1. The Morgan fingerprint density at radius 1 is 1.67 bits per heavy atom. The monoisotopic (exact) mass is 187 g/mol. The molecule has 0 bridgehead atoms. The number of hydrogen-bond acceptors (Lipinski definition) is 2. The molecule has 1 unspecified atom stereocenters. The first kappa shape index (κ1) is 9.59. The van der Waals surface area contributed by atoms with E-state index >= 15 is 0 Å². The maximum Gasteiger partial charge on any atom is 0.181 e. The van der Waals surface area contributed by atoms with Gasteiger partial charge in [-0.05, 0) is 6.42 Å². The quantitative estimate of drug-likeness (QED) is 0.676. The second-order valence-electron chi connectivity index (χ2n) is 2.99. The summed E-state index contributed by atoms with van der Waals surface area (Å²) in [5, 5.41) is 0. The van der Waals surface area contributed by atoms with Crippen molar-refractivity contribution in [3.8, 4) is 0 Å². The second-order valence-corrected chi connectivity index (χ2v) is 3.25. The van der Waals surface area contributed by atoms with Gasteiger partial charge in [-0.15, -0.1) is 11.6 Å². The molecule has 1 heterocycles. The average Bonchev–Trinajstić information content (AvgIpc) is 2.51. The smallest absolute Gasteiger partial charge is 0.181 e. The van der Waals surface area contributed by atoms with Crippen molar-refractivity contribution in [2.75, 3.05) is 0 Å². The number of hydrogen-bond donors (Lipinski definition) is 0. The third-order valence-corrected chi connectivity index (χ3v) is 2.22. The predicted octanol–water partition coefficient (Wildman–Crippen LogP) is 3.32. The molecule has 0 aliphatic heterocycles. The van der Waals surface area contributed by atoms with Crippen LogP contribution in [0.15, 0.2) is 10.8 Å². The van der Waals surface area contributed by atoms with Gasteiger partial charge in [0.15, 0.2) is 6.39 Å². The van der Waals surface area contributed by atoms with Crippen LogP contribution in [0.25, 0.3) is 0 Å². The third kappa shape index (κ3) is 2.01. The molecule has 0 aliphatic carbocycles. The van der Waals surface area contributed by atoms with Crippen molar-refractivity contribution >= 4 is 11.6 Å². The van der Waals surface area contributed by atoms with E-state index < -0.39 is 0 Å². The van der Waals surface area contributed by atoms with Crippen molar-refractivity contribution < 1.29 is 4.42 Å². The molecule has 0 aliphatic rings. The number of alkyl halides is 1. The normalized spacial score (nSPS) is 13.2. The van der Waals surface area contributed by atoms with Gasteiger partial charge in [0.2, 0.25) is 0 Å². The highest BCUT2D eigenvalue weighted by atomic mass is 35.5. The lowest BCUT2D eigenvalue weighted by Gasteiger charge is -2.06. The van der Waals surface area contributed by atoms with Gasteiger partial charge in [-0.2, -0.15) is 0 Å². The van der Waals surface area contributed by atoms with Crippen LogP contribution in [0.3, 0.4) is 0 Å². The molecular formula is C9H14ClNO. The van der Waals surface area contributed by atoms with Crippen LogP contribution in [-0.2, 0) is 5.88 Å². The van der Waals surface area contributed by atoms with Crippen LogP contribution in [0, 0.1) is 0 Å². The van der Waals surface area contributed by atoms with Crippen LogP contribution in [0.4, 0.5) is 0 Å². The van der Waals surface area contributed by atoms with E-state index in [2.05, 4.69) is 18.8 Å². The van der Waals surface area contributed by atoms with Gasteiger partial charge in [0, 0.05) is 5.92 Å². The number of oxazole rings is 1. The molecule has 3 heteroatoms. The Morgan fingerprint density at radius 2 is 2.42 bits per heavy atom. The Balaban J connectivity index is 2.71. The van der Waals surface area contributed by atoms with Gasteiger partial charge in [0.05, 0.1) is 11.6 Å². The zero-order valence-corrected chi connectivity index (χ0v) is 8.27. The van der Waals surface area contributed by atoms with E-state index in [4.69, 9.17) is 16.0 Å². The molecule has 1 aromatic rings. The van der Waals surface area contributed by atoms with Gasteiger partial charge >= 0.3 is 0 Å². The minimum absolute atomic E-state index is 0.436. The molecule has 0 fully saturated rings. The summed E-state index contributed by atoms with van der Waals surface area (Å²) in [7, 11) is 0. The maximum absolute atomic E-state index is 5.70. The molecule has 12 heavy (non-hydrogen) atoms. The second kappa shape index (κ2) is 4.51. The summed E-state index contributed by atoms with van der Waals surface area (Å²) in [5.74, 6) is 1.83. The molecule has 0 radical (unpaired) electrons. The fourth-order valence-corrected chi connectivity index (χ4v) is 1.54. The van der Waals surface area contributed by atoms with Crippen molar-refractivity contribution in [3.05, 3.63) is 17.8 Å². The zero-order valence-electron chi connectivity index (χ0n) is 7.51. The topological polar surface area (TPSA) is 26.0 Å². The molecule has 68 valence electrons. The highest BCUT2D eigenvalue weighted by molar-refractivity contribution is 6.16. The first-order chi connectivity index (χ1) is 5.79. The van der Waals surface area contributed by atoms with Crippen molar-refractivity contribution in [2.45, 2.75) is 38.5 Å². The summed E-state index contributed by atoms with van der Waals surface area (Å²) in [6.07, 6.45) is 3.75. The zero-order chi connectivity index (χ0) is 8.97. The summed E-state index contributed by atoms with van der Waals surface area (Å²) in [6, 6.07) is 0. The summed E-state index contributed by atoms with van der Waals surface area (Å²) >= 11 is 5.70. The Hall–Kier alpha value is -0.500. The summed E-state index contributed by atoms with van der Waals surface area (Å²) < 4.78 is 5.27. The first-order valence-corrected chi connectivity index (χ1v) is 4.81. The molecule has 0 N–H and O–H groups in total. The van der Waals surface area contributed by atoms with Crippen LogP contribution < -0.4 is 0 Å². The Labute approximate surface area is 77.9 Å². The van der Waals surface area contributed by atoms with Gasteiger partial charge in [-0.1, -0.05) is 20.3 Å². The predicted molar refractivity (Wildman–Crippen MR) is 49.4 cm³/mol. The van der Waals surface area contributed by atoms with Crippen molar-refractivity contribution in [1.29, 1.82) is 0 Å². The SMILES string of the molecule is CCCC(C)c1ocnc1CCl. The Kier molecular flexibility index (Phi) is 3.60. The fraction of sp³-hybridized carbons (Fsp3) is 0.667. The van der Waals surface area contributed by atoms with Crippen molar-refractivity contribution in [2.24, 2.45) is 0 Å². The lowest BCUT2D eigenvalue weighted by atomic mass is 10.0. The van der Waals surface area contributed by atoms with Crippen LogP contribution in [0.1, 0.15) is 44.1 Å². The molecule has 0 aromatic carbocycles. The highest BCUT2D eigenvalue weighted by Gasteiger charge is 2.13. The van der Waals surface area contributed by atoms with Gasteiger partial charge in [0.25, 0.3) is 0 Å². The highest BCUT2D eigenvalue weighted by Crippen LogP contribution is 2.24. The van der Waals surface area contributed by atoms with Crippen LogP contribution in [-0.4, -0.2) is 4.98 Å². The van der Waals surface area contributed by atoms with Crippen LogP contribution in [0.2, 0.25) is 0 Å². The molecule has 0 amide bonds. The maximum atomic E-state index is 5.70. The van der Waals surface area contributed by atoms with E-state index in [1.807, 2.05) is 0 Å². The van der Waals surface area contributed by atoms with Crippen LogP contribution >= 0.6 is 11.6 Å². The minimum atomic E-state index is 0.436. The number of rotatable bonds is 4. The number of nitrogens with zero attached hydrogens (tertiary/aromatic N) is 1. The lowest BCUT2D eigenvalue weighted by molar-refractivity contribution is 0.454. The molecule has 0 saturated heterocycles. The molecule has 0 spiro atoms. The molecule has 0 saturated carbocycles. The summed E-state index contributed by atoms with van der Waals surface area (Å²) in [5.41, 5.74) is 0.887. The van der Waals surface area contributed by atoms with Gasteiger partial charge < -0.3 is 4.42 Å². The molecule has 1 rings (SSSR count). The molecule has 1 atom stereocenters. The Bertz CT molecular complexity index is 234. The van der Waals surface area contributed by atoms with Crippen molar-refractivity contribution in [1.82, 2.24) is 4.98 Å². The van der Waals surface area contributed by atoms with E-state index in [1.165, 1.54) is 6.39 Å². The Morgan fingerprint density at radius 3 is 3.00 bits per heavy atom.